The largest absolute Gasteiger partial charge is 0.497 e. The Morgan fingerprint density at radius 2 is 1.82 bits per heavy atom. The first-order chi connectivity index (χ1) is 9.90. The molecule has 1 N–H and O–H groups in total. The first-order valence-corrected chi connectivity index (χ1v) is 6.33. The van der Waals surface area contributed by atoms with E-state index in [-0.39, 0.29) is 24.5 Å². The average Bonchev–Trinajstić information content (AvgIpc) is 2.81. The predicted molar refractivity (Wildman–Crippen MR) is 79.0 cm³/mol. The summed E-state index contributed by atoms with van der Waals surface area (Å²) in [5.74, 6) is 0.741. The molecule has 0 saturated carbocycles. The van der Waals surface area contributed by atoms with Crippen molar-refractivity contribution in [3.8, 4) is 5.75 Å². The number of ether oxygens (including phenoxy) is 1. The molecule has 0 atom stereocenters. The maximum absolute atomic E-state index is 12.8. The number of nitrogens with zero attached hydrogens (tertiary/aromatic N) is 2. The molecule has 0 aliphatic rings. The highest BCUT2D eigenvalue weighted by Gasteiger charge is 2.36. The Morgan fingerprint density at radius 1 is 1.18 bits per heavy atom. The van der Waals surface area contributed by atoms with Gasteiger partial charge in [-0.25, -0.2) is 0 Å². The lowest BCUT2D eigenvalue weighted by Gasteiger charge is -2.08. The number of alkyl halides is 3. The van der Waals surface area contributed by atoms with Crippen LogP contribution in [0.3, 0.4) is 0 Å². The third-order valence-corrected chi connectivity index (χ3v) is 2.98. The average molecular weight is 336 g/mol. The van der Waals surface area contributed by atoms with Crippen LogP contribution in [0, 0.1) is 0 Å². The molecule has 2 aromatic rings. The lowest BCUT2D eigenvalue weighted by Crippen LogP contribution is -2.16. The number of hydrogen-bond acceptors (Lipinski definition) is 3. The molecule has 0 aliphatic heterocycles. The standard InChI is InChI=1S/C14H16F3N3O.ClH/c1-20-9-11(13(19-20)14(15,16)17)8-18-7-10-3-5-12(21-2)6-4-10;/h3-6,9,18H,7-8H2,1-2H3;1H. The molecule has 0 radical (unpaired) electrons. The summed E-state index contributed by atoms with van der Waals surface area (Å²) in [5.41, 5.74) is 0.263. The van der Waals surface area contributed by atoms with Gasteiger partial charge in [-0.05, 0) is 17.7 Å². The summed E-state index contributed by atoms with van der Waals surface area (Å²) in [6, 6.07) is 7.34. The zero-order chi connectivity index (χ0) is 15.5. The summed E-state index contributed by atoms with van der Waals surface area (Å²) in [4.78, 5) is 0. The Hall–Kier alpha value is -1.73. The Morgan fingerprint density at radius 3 is 2.36 bits per heavy atom. The van der Waals surface area contributed by atoms with E-state index in [1.165, 1.54) is 17.9 Å². The third kappa shape index (κ3) is 4.64. The van der Waals surface area contributed by atoms with E-state index in [1.54, 1.807) is 7.11 Å². The van der Waals surface area contributed by atoms with Crippen LogP contribution < -0.4 is 10.1 Å². The number of rotatable bonds is 5. The Labute approximate surface area is 132 Å². The summed E-state index contributed by atoms with van der Waals surface area (Å²) in [6.45, 7) is 0.574. The van der Waals surface area contributed by atoms with E-state index in [2.05, 4.69) is 10.4 Å². The highest BCUT2D eigenvalue weighted by Crippen LogP contribution is 2.30. The number of methoxy groups -OCH3 is 1. The van der Waals surface area contributed by atoms with Gasteiger partial charge in [-0.3, -0.25) is 4.68 Å². The molecule has 0 unspecified atom stereocenters. The van der Waals surface area contributed by atoms with Crippen molar-refractivity contribution in [1.82, 2.24) is 15.1 Å². The van der Waals surface area contributed by atoms with Gasteiger partial charge in [0.25, 0.3) is 0 Å². The molecule has 0 saturated heterocycles. The van der Waals surface area contributed by atoms with Crippen LogP contribution in [0.2, 0.25) is 0 Å². The SMILES string of the molecule is COc1ccc(CNCc2cn(C)nc2C(F)(F)F)cc1.Cl. The summed E-state index contributed by atoms with van der Waals surface area (Å²) in [5, 5.41) is 6.45. The van der Waals surface area contributed by atoms with Crippen LogP contribution in [0.1, 0.15) is 16.8 Å². The Bertz CT molecular complexity index is 596. The monoisotopic (exact) mass is 335 g/mol. The highest BCUT2D eigenvalue weighted by atomic mass is 35.5. The predicted octanol–water partition coefficient (Wildman–Crippen LogP) is 3.16. The fourth-order valence-corrected chi connectivity index (χ4v) is 1.99. The van der Waals surface area contributed by atoms with Crippen molar-refractivity contribution in [2.75, 3.05) is 7.11 Å². The lowest BCUT2D eigenvalue weighted by molar-refractivity contribution is -0.142. The van der Waals surface area contributed by atoms with Gasteiger partial charge < -0.3 is 10.1 Å². The first kappa shape index (κ1) is 18.3. The zero-order valence-electron chi connectivity index (χ0n) is 12.1. The lowest BCUT2D eigenvalue weighted by atomic mass is 10.2. The molecule has 0 bridgehead atoms. The maximum Gasteiger partial charge on any atom is 0.435 e. The summed E-state index contributed by atoms with van der Waals surface area (Å²) in [7, 11) is 3.05. The van der Waals surface area contributed by atoms with E-state index >= 15 is 0 Å². The number of aryl methyl sites for hydroxylation is 1. The number of nitrogens with one attached hydrogen (secondary N) is 1. The zero-order valence-corrected chi connectivity index (χ0v) is 13.0. The van der Waals surface area contributed by atoms with Gasteiger partial charge in [0.2, 0.25) is 0 Å². The van der Waals surface area contributed by atoms with Crippen molar-refractivity contribution in [1.29, 1.82) is 0 Å². The van der Waals surface area contributed by atoms with Gasteiger partial charge in [-0.2, -0.15) is 18.3 Å². The van der Waals surface area contributed by atoms with Crippen LogP contribution >= 0.6 is 12.4 Å². The molecule has 122 valence electrons. The van der Waals surface area contributed by atoms with E-state index in [9.17, 15) is 13.2 Å². The van der Waals surface area contributed by atoms with Crippen molar-refractivity contribution in [3.05, 3.63) is 47.3 Å². The van der Waals surface area contributed by atoms with Crippen LogP contribution in [0.15, 0.2) is 30.5 Å². The van der Waals surface area contributed by atoms with Gasteiger partial charge in [0.1, 0.15) is 5.75 Å². The minimum Gasteiger partial charge on any atom is -0.497 e. The van der Waals surface area contributed by atoms with Crippen molar-refractivity contribution in [3.63, 3.8) is 0 Å². The topological polar surface area (TPSA) is 39.1 Å². The molecule has 2 rings (SSSR count). The van der Waals surface area contributed by atoms with Crippen LogP contribution in [0.4, 0.5) is 13.2 Å². The minimum absolute atomic E-state index is 0. The second kappa shape index (κ2) is 7.51. The molecule has 0 aliphatic carbocycles. The minimum atomic E-state index is -4.43. The van der Waals surface area contributed by atoms with Gasteiger partial charge in [0.05, 0.1) is 7.11 Å². The molecule has 22 heavy (non-hydrogen) atoms. The fraction of sp³-hybridized carbons (Fsp3) is 0.357. The van der Waals surface area contributed by atoms with Crippen molar-refractivity contribution >= 4 is 12.4 Å². The van der Waals surface area contributed by atoms with E-state index in [4.69, 9.17) is 4.74 Å². The van der Waals surface area contributed by atoms with Gasteiger partial charge >= 0.3 is 6.18 Å². The second-order valence-electron chi connectivity index (χ2n) is 4.63. The smallest absolute Gasteiger partial charge is 0.435 e. The van der Waals surface area contributed by atoms with Gasteiger partial charge in [-0.15, -0.1) is 12.4 Å². The van der Waals surface area contributed by atoms with Gasteiger partial charge in [-0.1, -0.05) is 12.1 Å². The summed E-state index contributed by atoms with van der Waals surface area (Å²) in [6.07, 6.45) is -3.05. The van der Waals surface area contributed by atoms with Crippen LogP contribution in [0.25, 0.3) is 0 Å². The van der Waals surface area contributed by atoms with Crippen LogP contribution in [-0.4, -0.2) is 16.9 Å². The van der Waals surface area contributed by atoms with Gasteiger partial charge in [0.15, 0.2) is 5.69 Å². The van der Waals surface area contributed by atoms with E-state index in [1.807, 2.05) is 24.3 Å². The molecule has 4 nitrogen and oxygen atoms in total. The molecular weight excluding hydrogens is 319 g/mol. The Balaban J connectivity index is 0.00000242. The number of benzene rings is 1. The van der Waals surface area contributed by atoms with Crippen LogP contribution in [0.5, 0.6) is 5.75 Å². The second-order valence-corrected chi connectivity index (χ2v) is 4.63. The molecule has 1 heterocycles. The third-order valence-electron chi connectivity index (χ3n) is 2.98. The molecule has 1 aromatic carbocycles. The molecule has 8 heteroatoms. The summed E-state index contributed by atoms with van der Waals surface area (Å²) < 4.78 is 44.5. The molecule has 0 fully saturated rings. The number of aromatic nitrogens is 2. The van der Waals surface area contributed by atoms with E-state index in [0.717, 1.165) is 11.3 Å². The first-order valence-electron chi connectivity index (χ1n) is 6.33. The van der Waals surface area contributed by atoms with Crippen molar-refractivity contribution in [2.24, 2.45) is 7.05 Å². The molecule has 0 spiro atoms. The van der Waals surface area contributed by atoms with E-state index < -0.39 is 11.9 Å². The van der Waals surface area contributed by atoms with Crippen LogP contribution in [-0.2, 0) is 26.3 Å². The Kier molecular flexibility index (Phi) is 6.25. The van der Waals surface area contributed by atoms with Gasteiger partial charge in [0, 0.05) is 31.9 Å². The van der Waals surface area contributed by atoms with Crippen molar-refractivity contribution in [2.45, 2.75) is 19.3 Å². The summed E-state index contributed by atoms with van der Waals surface area (Å²) >= 11 is 0. The molecule has 0 amide bonds. The number of halogens is 4. The maximum atomic E-state index is 12.8. The van der Waals surface area contributed by atoms with Crippen molar-refractivity contribution < 1.29 is 17.9 Å². The highest BCUT2D eigenvalue weighted by molar-refractivity contribution is 5.85. The number of hydrogen-bond donors (Lipinski definition) is 1. The molecular formula is C14H17ClF3N3O. The van der Waals surface area contributed by atoms with E-state index in [0.29, 0.717) is 6.54 Å². The normalized spacial score (nSPS) is 11.1. The molecule has 1 aromatic heterocycles. The quantitative estimate of drug-likeness (QED) is 0.912. The fourth-order valence-electron chi connectivity index (χ4n) is 1.99.